The summed E-state index contributed by atoms with van der Waals surface area (Å²) in [7, 11) is -22.9. The number of rotatable bonds is 4. The van der Waals surface area contributed by atoms with Gasteiger partial charge in [0.15, 0.2) is 0 Å². The largest absolute Gasteiger partial charge is 0.523 e. The van der Waals surface area contributed by atoms with Crippen molar-refractivity contribution in [3.8, 4) is 12.1 Å². The Morgan fingerprint density at radius 1 is 0.647 bits per heavy atom. The molecule has 0 amide bonds. The molecule has 0 saturated carbocycles. The van der Waals surface area contributed by atoms with Gasteiger partial charge in [0, 0.05) is 16.9 Å². The monoisotopic (exact) mass is 766 g/mol. The van der Waals surface area contributed by atoms with Crippen LogP contribution >= 0.6 is 20.4 Å². The molecule has 0 fully saturated rings. The summed E-state index contributed by atoms with van der Waals surface area (Å²) in [4.78, 5) is -0.627. The molecule has 2 aliphatic carbocycles. The smallest absolute Gasteiger partial charge is 0.192 e. The van der Waals surface area contributed by atoms with Gasteiger partial charge in [0.2, 0.25) is 0 Å². The van der Waals surface area contributed by atoms with Gasteiger partial charge in [0.05, 0.1) is 11.1 Å². The van der Waals surface area contributed by atoms with E-state index in [0.717, 1.165) is 12.1 Å². The first-order chi connectivity index (χ1) is 22.9. The highest BCUT2D eigenvalue weighted by molar-refractivity contribution is 8.46. The molecule has 0 saturated heterocycles. The van der Waals surface area contributed by atoms with Crippen molar-refractivity contribution in [2.24, 2.45) is 0 Å². The van der Waals surface area contributed by atoms with Crippen LogP contribution in [-0.2, 0) is 19.0 Å². The summed E-state index contributed by atoms with van der Waals surface area (Å²) in [6, 6.07) is 7.82. The lowest BCUT2D eigenvalue weighted by molar-refractivity contribution is -0.137. The van der Waals surface area contributed by atoms with Gasteiger partial charge >= 0.3 is 32.4 Å². The number of aryl methyl sites for hydroxylation is 1. The molecule has 3 aromatic rings. The van der Waals surface area contributed by atoms with Crippen LogP contribution in [0.15, 0.2) is 80.9 Å². The lowest BCUT2D eigenvalue weighted by atomic mass is 9.94. The number of fused-ring (bicyclic) bond motifs is 2. The van der Waals surface area contributed by atoms with Gasteiger partial charge in [-0.15, -0.1) is 0 Å². The first kappa shape index (κ1) is 36.9. The minimum absolute atomic E-state index is 0.219. The van der Waals surface area contributed by atoms with Crippen LogP contribution in [0.2, 0.25) is 0 Å². The predicted octanol–water partition coefficient (Wildman–Crippen LogP) is 11.2. The van der Waals surface area contributed by atoms with E-state index < -0.39 is 121 Å². The fourth-order valence-electron chi connectivity index (χ4n) is 6.26. The van der Waals surface area contributed by atoms with Crippen LogP contribution in [0.25, 0.3) is 20.8 Å². The number of halogens is 13. The molecule has 0 atom stereocenters. The van der Waals surface area contributed by atoms with Gasteiger partial charge < -0.3 is 0 Å². The van der Waals surface area contributed by atoms with Crippen molar-refractivity contribution in [1.29, 1.82) is 10.5 Å². The molecule has 0 N–H and O–H groups in total. The van der Waals surface area contributed by atoms with Gasteiger partial charge in [-0.05, 0) is 64.5 Å². The summed E-state index contributed by atoms with van der Waals surface area (Å²) in [6.45, 7) is 16.1. The molecule has 0 bridgehead atoms. The van der Waals surface area contributed by atoms with Crippen molar-refractivity contribution in [3.05, 3.63) is 138 Å². The highest BCUT2D eigenvalue weighted by Gasteiger charge is 2.72. The van der Waals surface area contributed by atoms with E-state index in [1.165, 1.54) is 31.2 Å². The van der Waals surface area contributed by atoms with E-state index in [0.29, 0.717) is 17.7 Å². The van der Waals surface area contributed by atoms with Gasteiger partial charge in [-0.1, -0.05) is 80.8 Å². The molecule has 0 unspecified atom stereocenters. The fraction of sp³-hybridized carbons (Fsp3) is 0.125. The highest BCUT2D eigenvalue weighted by Crippen LogP contribution is 3.04. The zero-order chi connectivity index (χ0) is 38.5. The lowest BCUT2D eigenvalue weighted by Crippen LogP contribution is -2.34. The summed E-state index contributed by atoms with van der Waals surface area (Å²) < 4.78 is 194. The molecule has 0 aliphatic heterocycles. The van der Waals surface area contributed by atoms with E-state index in [2.05, 4.69) is 9.69 Å². The Balaban J connectivity index is 2.30. The number of alkyl halides is 3. The zero-order valence-corrected chi connectivity index (χ0v) is 26.7. The average Bonchev–Trinajstić information content (AvgIpc) is 3.53. The maximum Gasteiger partial charge on any atom is 0.523 e. The third-order valence-electron chi connectivity index (χ3n) is 8.04. The lowest BCUT2D eigenvalue weighted by Gasteiger charge is -2.45. The van der Waals surface area contributed by atoms with Crippen LogP contribution in [0.4, 0.5) is 52.0 Å². The number of nitrogens with zero attached hydrogens (tertiary/aromatic N) is 4. The third-order valence-corrected chi connectivity index (χ3v) is 10.5. The molecular formula is C32H15F13N4S2. The first-order valence-corrected chi connectivity index (χ1v) is 17.6. The van der Waals surface area contributed by atoms with Crippen molar-refractivity contribution in [2.75, 3.05) is 0 Å². The van der Waals surface area contributed by atoms with Crippen LogP contribution in [-0.4, -0.2) is 0 Å². The Bertz CT molecular complexity index is 2460. The minimum atomic E-state index is -11.5. The molecule has 0 aromatic heterocycles. The SMILES string of the molecule is [C-]#[N+]C([N+]#[C-])=C1Cc2c(S(F)(F)(F)(F)F)c3c(c(S(F)(F)(F)(F)F)c2=C1c1ccc(C)cc1)CC(=C(C#N)C#N)C=3c1ccc(C(F)(F)F)cc1. The Kier molecular flexibility index (Phi) is 7.16. The highest BCUT2D eigenvalue weighted by atomic mass is 32.5. The van der Waals surface area contributed by atoms with Gasteiger partial charge in [-0.3, -0.25) is 0 Å². The Morgan fingerprint density at radius 3 is 1.37 bits per heavy atom. The van der Waals surface area contributed by atoms with Crippen molar-refractivity contribution in [2.45, 2.75) is 35.7 Å². The summed E-state index contributed by atoms with van der Waals surface area (Å²) in [6.07, 6.45) is -8.59. The van der Waals surface area contributed by atoms with Crippen molar-refractivity contribution in [3.63, 3.8) is 0 Å². The van der Waals surface area contributed by atoms with Crippen LogP contribution < -0.4 is 10.4 Å². The van der Waals surface area contributed by atoms with Gasteiger partial charge in [0.1, 0.15) is 40.6 Å². The molecule has 19 heteroatoms. The second-order valence-corrected chi connectivity index (χ2v) is 16.1. The summed E-state index contributed by atoms with van der Waals surface area (Å²) in [5.74, 6) is -1.22. The molecule has 5 rings (SSSR count). The second-order valence-electron chi connectivity index (χ2n) is 11.5. The first-order valence-electron chi connectivity index (χ1n) is 13.7. The Hall–Kier alpha value is -5.37. The molecule has 3 aromatic carbocycles. The van der Waals surface area contributed by atoms with Crippen molar-refractivity contribution >= 4 is 31.6 Å². The molecular weight excluding hydrogens is 751 g/mol. The number of allylic oxidation sites excluding steroid dienone is 3. The van der Waals surface area contributed by atoms with E-state index in [-0.39, 0.29) is 12.1 Å². The van der Waals surface area contributed by atoms with E-state index >= 15 is 38.9 Å². The van der Waals surface area contributed by atoms with Gasteiger partial charge in [0.25, 0.3) is 0 Å². The van der Waals surface area contributed by atoms with Gasteiger partial charge in [-0.25, -0.2) is 0 Å². The zero-order valence-electron chi connectivity index (χ0n) is 25.1. The Morgan fingerprint density at radius 2 is 1.02 bits per heavy atom. The number of nitriles is 2. The van der Waals surface area contributed by atoms with Crippen molar-refractivity contribution in [1.82, 2.24) is 0 Å². The molecule has 0 heterocycles. The number of hydrogen-bond donors (Lipinski definition) is 0. The predicted molar refractivity (Wildman–Crippen MR) is 162 cm³/mol. The van der Waals surface area contributed by atoms with E-state index in [1.807, 2.05) is 0 Å². The molecule has 51 heavy (non-hydrogen) atoms. The number of benzene rings is 3. The molecule has 0 radical (unpaired) electrons. The van der Waals surface area contributed by atoms with Crippen LogP contribution in [0.1, 0.15) is 33.4 Å². The molecule has 0 spiro atoms. The molecule has 4 nitrogen and oxygen atoms in total. The molecule has 2 aliphatic rings. The minimum Gasteiger partial charge on any atom is -0.192 e. The normalized spacial score (nSPS) is 17.1. The average molecular weight is 767 g/mol. The van der Waals surface area contributed by atoms with E-state index in [4.69, 9.17) is 13.1 Å². The van der Waals surface area contributed by atoms with Crippen LogP contribution in [0.3, 0.4) is 0 Å². The quantitative estimate of drug-likeness (QED) is 0.151. The van der Waals surface area contributed by atoms with E-state index in [9.17, 15) is 23.7 Å². The van der Waals surface area contributed by atoms with Gasteiger partial charge in [-0.2, -0.15) is 33.4 Å². The van der Waals surface area contributed by atoms with Crippen molar-refractivity contribution < 1.29 is 52.0 Å². The third kappa shape index (κ3) is 6.39. The Labute approximate surface area is 279 Å². The topological polar surface area (TPSA) is 56.3 Å². The summed E-state index contributed by atoms with van der Waals surface area (Å²) >= 11 is 0. The second kappa shape index (κ2) is 9.90. The summed E-state index contributed by atoms with van der Waals surface area (Å²) in [5.41, 5.74) is -12.8. The number of hydrogen-bond acceptors (Lipinski definition) is 2. The maximum atomic E-state index is 15.4. The van der Waals surface area contributed by atoms with Crippen LogP contribution in [0.5, 0.6) is 0 Å². The standard InChI is InChI=1S/C32H15F13N4S2/c1-16-4-6-17(7-5-16)26-24(31(48-2)49-3)13-23-28(26)29(50(36,37,38,39)40)22-12-21(19(14-46)15-47)25(27(22)30(23)51(41,42,43,44)45)18-8-10-20(11-9-18)32(33,34)35/h4-11H,12-13H2,1H3. The summed E-state index contributed by atoms with van der Waals surface area (Å²) in [5, 5.41) is 14.9. The van der Waals surface area contributed by atoms with E-state index in [1.54, 1.807) is 0 Å². The fourth-order valence-corrected chi connectivity index (χ4v) is 8.76. The molecule has 266 valence electrons. The van der Waals surface area contributed by atoms with Crippen LogP contribution in [0, 0.1) is 42.7 Å². The maximum absolute atomic E-state index is 15.4.